The lowest BCUT2D eigenvalue weighted by Gasteiger charge is -2.34. The summed E-state index contributed by atoms with van der Waals surface area (Å²) in [5, 5.41) is 3.75. The van der Waals surface area contributed by atoms with E-state index in [1.807, 2.05) is 0 Å². The zero-order chi connectivity index (χ0) is 13.1. The van der Waals surface area contributed by atoms with Crippen molar-refractivity contribution in [1.82, 2.24) is 5.32 Å². The fourth-order valence-corrected chi connectivity index (χ4v) is 2.79. The highest BCUT2D eigenvalue weighted by Crippen LogP contribution is 2.36. The van der Waals surface area contributed by atoms with Crippen LogP contribution in [0.1, 0.15) is 53.9 Å². The highest BCUT2D eigenvalue weighted by Gasteiger charge is 2.33. The van der Waals surface area contributed by atoms with Crippen LogP contribution in [0, 0.1) is 23.7 Å². The van der Waals surface area contributed by atoms with Gasteiger partial charge in [0.2, 0.25) is 0 Å². The summed E-state index contributed by atoms with van der Waals surface area (Å²) in [6.45, 7) is 13.5. The summed E-state index contributed by atoms with van der Waals surface area (Å²) in [7, 11) is 0. The van der Waals surface area contributed by atoms with Crippen LogP contribution in [-0.2, 0) is 0 Å². The van der Waals surface area contributed by atoms with Gasteiger partial charge in [-0.3, -0.25) is 0 Å². The van der Waals surface area contributed by atoms with Gasteiger partial charge in [0.1, 0.15) is 0 Å². The first kappa shape index (κ1) is 15.0. The summed E-state index contributed by atoms with van der Waals surface area (Å²) in [6.07, 6.45) is 4.08. The van der Waals surface area contributed by atoms with Crippen molar-refractivity contribution >= 4 is 0 Å². The van der Waals surface area contributed by atoms with Crippen molar-refractivity contribution in [3.05, 3.63) is 0 Å². The van der Waals surface area contributed by atoms with Crippen LogP contribution in [0.4, 0.5) is 0 Å². The largest absolute Gasteiger partial charge is 0.329 e. The minimum Gasteiger partial charge on any atom is -0.329 e. The van der Waals surface area contributed by atoms with Crippen LogP contribution in [0.25, 0.3) is 0 Å². The molecule has 1 atom stereocenters. The fraction of sp³-hybridized carbons (Fsp3) is 1.00. The number of nitrogens with two attached hydrogens (primary N) is 1. The fourth-order valence-electron chi connectivity index (χ4n) is 2.79. The Balaban J connectivity index is 2.43. The van der Waals surface area contributed by atoms with Crippen LogP contribution in [0.3, 0.4) is 0 Å². The molecule has 2 heteroatoms. The molecule has 0 aromatic carbocycles. The predicted molar refractivity (Wildman–Crippen MR) is 76.0 cm³/mol. The van der Waals surface area contributed by atoms with Gasteiger partial charge in [-0.1, -0.05) is 40.5 Å². The van der Waals surface area contributed by atoms with E-state index in [2.05, 4.69) is 39.9 Å². The zero-order valence-electron chi connectivity index (χ0n) is 12.4. The van der Waals surface area contributed by atoms with Gasteiger partial charge < -0.3 is 11.1 Å². The van der Waals surface area contributed by atoms with Crippen molar-refractivity contribution in [3.8, 4) is 0 Å². The maximum Gasteiger partial charge on any atom is 0.0278 e. The van der Waals surface area contributed by atoms with Crippen LogP contribution >= 0.6 is 0 Å². The van der Waals surface area contributed by atoms with E-state index in [1.165, 1.54) is 19.3 Å². The quantitative estimate of drug-likeness (QED) is 0.684. The molecule has 1 unspecified atom stereocenters. The molecule has 1 rings (SSSR count). The first-order valence-corrected chi connectivity index (χ1v) is 7.33. The van der Waals surface area contributed by atoms with Gasteiger partial charge in [-0.05, 0) is 43.6 Å². The smallest absolute Gasteiger partial charge is 0.0278 e. The molecule has 2 nitrogen and oxygen atoms in total. The Labute approximate surface area is 108 Å². The summed E-state index contributed by atoms with van der Waals surface area (Å²) >= 11 is 0. The van der Waals surface area contributed by atoms with Crippen LogP contribution in [0.2, 0.25) is 0 Å². The van der Waals surface area contributed by atoms with E-state index in [-0.39, 0.29) is 5.54 Å². The molecular formula is C15H32N2. The molecule has 102 valence electrons. The SMILES string of the molecule is CC(C)C(CNC(C)(CN)CC1CC1)C(C)C. The molecule has 0 spiro atoms. The van der Waals surface area contributed by atoms with Gasteiger partial charge in [0.05, 0.1) is 0 Å². The second kappa shape index (κ2) is 6.19. The van der Waals surface area contributed by atoms with Gasteiger partial charge in [0, 0.05) is 12.1 Å². The summed E-state index contributed by atoms with van der Waals surface area (Å²) in [4.78, 5) is 0. The van der Waals surface area contributed by atoms with Gasteiger partial charge in [-0.15, -0.1) is 0 Å². The van der Waals surface area contributed by atoms with Crippen LogP contribution in [0.5, 0.6) is 0 Å². The summed E-state index contributed by atoms with van der Waals surface area (Å²) in [5.41, 5.74) is 6.11. The molecule has 1 aliphatic rings. The average molecular weight is 240 g/mol. The van der Waals surface area contributed by atoms with Crippen molar-refractivity contribution < 1.29 is 0 Å². The minimum atomic E-state index is 0.156. The van der Waals surface area contributed by atoms with Crippen LogP contribution in [0.15, 0.2) is 0 Å². The minimum absolute atomic E-state index is 0.156. The topological polar surface area (TPSA) is 38.0 Å². The number of rotatable bonds is 8. The van der Waals surface area contributed by atoms with Gasteiger partial charge in [0.15, 0.2) is 0 Å². The third kappa shape index (κ3) is 4.97. The summed E-state index contributed by atoms with van der Waals surface area (Å²) < 4.78 is 0. The molecule has 0 amide bonds. The van der Waals surface area contributed by atoms with Gasteiger partial charge in [-0.2, -0.15) is 0 Å². The third-order valence-corrected chi connectivity index (χ3v) is 4.36. The second-order valence-electron chi connectivity index (χ2n) is 6.95. The Kier molecular flexibility index (Phi) is 5.46. The lowest BCUT2D eigenvalue weighted by Crippen LogP contribution is -2.51. The van der Waals surface area contributed by atoms with E-state index in [4.69, 9.17) is 5.73 Å². The predicted octanol–water partition coefficient (Wildman–Crippen LogP) is 3.02. The zero-order valence-corrected chi connectivity index (χ0v) is 12.4. The molecular weight excluding hydrogens is 208 g/mol. The molecule has 1 fully saturated rings. The monoisotopic (exact) mass is 240 g/mol. The maximum absolute atomic E-state index is 5.96. The Morgan fingerprint density at radius 3 is 2.06 bits per heavy atom. The van der Waals surface area contributed by atoms with E-state index in [0.29, 0.717) is 0 Å². The second-order valence-corrected chi connectivity index (χ2v) is 6.95. The van der Waals surface area contributed by atoms with Crippen LogP contribution in [-0.4, -0.2) is 18.6 Å². The molecule has 0 aromatic rings. The van der Waals surface area contributed by atoms with Crippen LogP contribution < -0.4 is 11.1 Å². The lowest BCUT2D eigenvalue weighted by molar-refractivity contribution is 0.228. The molecule has 0 aliphatic heterocycles. The molecule has 0 bridgehead atoms. The molecule has 1 aliphatic carbocycles. The summed E-state index contributed by atoms with van der Waals surface area (Å²) in [5.74, 6) is 3.17. The van der Waals surface area contributed by atoms with E-state index < -0.39 is 0 Å². The third-order valence-electron chi connectivity index (χ3n) is 4.36. The number of nitrogens with one attached hydrogen (secondary N) is 1. The highest BCUT2D eigenvalue weighted by molar-refractivity contribution is 4.91. The Morgan fingerprint density at radius 2 is 1.71 bits per heavy atom. The van der Waals surface area contributed by atoms with Crippen molar-refractivity contribution in [2.24, 2.45) is 29.4 Å². The van der Waals surface area contributed by atoms with Gasteiger partial charge >= 0.3 is 0 Å². The molecule has 1 saturated carbocycles. The average Bonchev–Trinajstić information content (AvgIpc) is 3.00. The van der Waals surface area contributed by atoms with Gasteiger partial charge in [-0.25, -0.2) is 0 Å². The van der Waals surface area contributed by atoms with Crippen molar-refractivity contribution in [1.29, 1.82) is 0 Å². The van der Waals surface area contributed by atoms with E-state index in [9.17, 15) is 0 Å². The normalized spacial score (nSPS) is 20.3. The van der Waals surface area contributed by atoms with E-state index >= 15 is 0 Å². The van der Waals surface area contributed by atoms with Crippen molar-refractivity contribution in [2.45, 2.75) is 59.4 Å². The summed E-state index contributed by atoms with van der Waals surface area (Å²) in [6, 6.07) is 0. The van der Waals surface area contributed by atoms with Crippen molar-refractivity contribution in [2.75, 3.05) is 13.1 Å². The Morgan fingerprint density at radius 1 is 1.18 bits per heavy atom. The van der Waals surface area contributed by atoms with Gasteiger partial charge in [0.25, 0.3) is 0 Å². The first-order chi connectivity index (χ1) is 7.88. The van der Waals surface area contributed by atoms with E-state index in [1.54, 1.807) is 0 Å². The maximum atomic E-state index is 5.96. The molecule has 17 heavy (non-hydrogen) atoms. The molecule has 0 heterocycles. The molecule has 0 saturated heterocycles. The lowest BCUT2D eigenvalue weighted by atomic mass is 9.84. The Hall–Kier alpha value is -0.0800. The standard InChI is InChI=1S/C15H32N2/c1-11(2)14(12(3)4)9-17-15(5,10-16)8-13-6-7-13/h11-14,17H,6-10,16H2,1-5H3. The molecule has 3 N–H and O–H groups in total. The molecule has 0 aromatic heterocycles. The Bertz CT molecular complexity index is 213. The highest BCUT2D eigenvalue weighted by atomic mass is 15.0. The number of hydrogen-bond acceptors (Lipinski definition) is 2. The first-order valence-electron chi connectivity index (χ1n) is 7.33. The van der Waals surface area contributed by atoms with Crippen molar-refractivity contribution in [3.63, 3.8) is 0 Å². The van der Waals surface area contributed by atoms with E-state index in [0.717, 1.165) is 36.8 Å². The molecule has 0 radical (unpaired) electrons. The number of hydrogen-bond donors (Lipinski definition) is 2.